The summed E-state index contributed by atoms with van der Waals surface area (Å²) < 4.78 is 6.11. The van der Waals surface area contributed by atoms with Crippen LogP contribution in [0.1, 0.15) is 89.3 Å². The Morgan fingerprint density at radius 3 is 2.19 bits per heavy atom. The van der Waals surface area contributed by atoms with E-state index in [0.29, 0.717) is 18.9 Å². The number of amides is 3. The summed E-state index contributed by atoms with van der Waals surface area (Å²) in [5.41, 5.74) is 1.48. The van der Waals surface area contributed by atoms with Crippen molar-refractivity contribution in [1.82, 2.24) is 21.3 Å². The van der Waals surface area contributed by atoms with E-state index in [1.165, 1.54) is 0 Å². The zero-order valence-corrected chi connectivity index (χ0v) is 34.1. The number of likely N-dealkylation sites (N-methyl/N-ethyl adjacent to an activating group) is 1. The molecule has 322 valence electrons. The van der Waals surface area contributed by atoms with Crippen LogP contribution in [0.2, 0.25) is 0 Å². The lowest BCUT2D eigenvalue weighted by molar-refractivity contribution is -0.138. The van der Waals surface area contributed by atoms with Gasteiger partial charge in [-0.2, -0.15) is 0 Å². The lowest BCUT2D eigenvalue weighted by Crippen LogP contribution is -2.59. The topological polar surface area (TPSA) is 259 Å². The number of carbonyl (C=O) groups is 4. The number of para-hydroxylation sites is 1. The predicted molar refractivity (Wildman–Crippen MR) is 216 cm³/mol. The standard InChI is InChI=1S/C35H46N4O6.C7H17NO5/c1-33(2)24-16-17-34(33,3)28(18-24)45-32(44)39-35(4,19-23-20-36-26-13-9-8-12-25(23)26)31(43)37-21-27(22-10-6-5-7-11-22)38-29(40)14-15-30(41)42;1-8-2-4(10)6(12)7(13)5(11)3-9/h5-13,23-24,27-28,36H,14-21H2,1-4H3,(H,37,43)(H,38,40)(H,39,44)(H,41,42);4-13H,2-3H2,1H3/t23?,24-,27+,28?,34-,35-;4-,5+,6+,7+/m10/s1. The van der Waals surface area contributed by atoms with Crippen molar-refractivity contribution in [1.29, 1.82) is 0 Å². The molecule has 2 fully saturated rings. The normalized spacial score (nSPS) is 24.9. The van der Waals surface area contributed by atoms with Crippen LogP contribution >= 0.6 is 0 Å². The molecule has 2 bridgehead atoms. The molecule has 16 heteroatoms. The van der Waals surface area contributed by atoms with Crippen LogP contribution in [0.15, 0.2) is 54.6 Å². The van der Waals surface area contributed by atoms with Gasteiger partial charge >= 0.3 is 12.1 Å². The highest BCUT2D eigenvalue weighted by atomic mass is 16.6. The van der Waals surface area contributed by atoms with Gasteiger partial charge in [-0.25, -0.2) is 4.79 Å². The van der Waals surface area contributed by atoms with Gasteiger partial charge in [0.1, 0.15) is 30.0 Å². The van der Waals surface area contributed by atoms with Crippen LogP contribution in [0.5, 0.6) is 0 Å². The quantitative estimate of drug-likeness (QED) is 0.103. The molecule has 1 heterocycles. The van der Waals surface area contributed by atoms with Crippen LogP contribution in [0.3, 0.4) is 0 Å². The number of carboxylic acids is 1. The van der Waals surface area contributed by atoms with Gasteiger partial charge in [-0.3, -0.25) is 14.4 Å². The summed E-state index contributed by atoms with van der Waals surface area (Å²) in [6, 6.07) is 16.5. The van der Waals surface area contributed by atoms with Gasteiger partial charge in [0, 0.05) is 43.1 Å². The van der Waals surface area contributed by atoms with Gasteiger partial charge in [0.15, 0.2) is 0 Å². The number of benzene rings is 2. The lowest BCUT2D eigenvalue weighted by atomic mass is 9.70. The van der Waals surface area contributed by atoms with E-state index in [4.69, 9.17) is 30.3 Å². The number of nitrogens with one attached hydrogen (secondary N) is 5. The third-order valence-corrected chi connectivity index (χ3v) is 12.7. The fourth-order valence-electron chi connectivity index (χ4n) is 8.63. The third kappa shape index (κ3) is 11.0. The molecule has 5 rings (SSSR count). The minimum atomic E-state index is -1.55. The average molecular weight is 814 g/mol. The van der Waals surface area contributed by atoms with E-state index >= 15 is 0 Å². The fourth-order valence-corrected chi connectivity index (χ4v) is 8.63. The molecule has 0 radical (unpaired) electrons. The molecule has 1 aliphatic heterocycles. The van der Waals surface area contributed by atoms with E-state index in [1.54, 1.807) is 14.0 Å². The molecule has 2 aromatic carbocycles. The van der Waals surface area contributed by atoms with Crippen molar-refractivity contribution in [2.24, 2.45) is 16.7 Å². The van der Waals surface area contributed by atoms with Gasteiger partial charge in [0.05, 0.1) is 25.2 Å². The van der Waals surface area contributed by atoms with Crippen LogP contribution in [0.4, 0.5) is 10.5 Å². The van der Waals surface area contributed by atoms with Gasteiger partial charge < -0.3 is 62.0 Å². The second-order valence-electron chi connectivity index (χ2n) is 16.8. The third-order valence-electron chi connectivity index (χ3n) is 12.7. The number of aliphatic carboxylic acids is 1. The van der Waals surface area contributed by atoms with Gasteiger partial charge in [-0.05, 0) is 68.2 Å². The number of carboxylic acid groups (broad SMARTS) is 1. The lowest BCUT2D eigenvalue weighted by Gasteiger charge is -2.39. The second-order valence-corrected chi connectivity index (χ2v) is 16.8. The summed E-state index contributed by atoms with van der Waals surface area (Å²) in [5.74, 6) is -1.42. The highest BCUT2D eigenvalue weighted by molar-refractivity contribution is 5.90. The zero-order valence-electron chi connectivity index (χ0n) is 34.1. The Morgan fingerprint density at radius 1 is 0.931 bits per heavy atom. The average Bonchev–Trinajstić information content (AvgIpc) is 3.76. The Labute approximate surface area is 340 Å². The van der Waals surface area contributed by atoms with E-state index in [1.807, 2.05) is 54.6 Å². The number of aliphatic hydroxyl groups is 5. The van der Waals surface area contributed by atoms with Gasteiger partial charge in [-0.15, -0.1) is 0 Å². The van der Waals surface area contributed by atoms with Crippen LogP contribution in [-0.4, -0.2) is 124 Å². The van der Waals surface area contributed by atoms with E-state index in [-0.39, 0.29) is 48.8 Å². The molecule has 0 saturated heterocycles. The maximum Gasteiger partial charge on any atom is 0.408 e. The Bertz CT molecular complexity index is 1700. The number of aliphatic hydroxyl groups excluding tert-OH is 5. The largest absolute Gasteiger partial charge is 0.481 e. The predicted octanol–water partition coefficient (Wildman–Crippen LogP) is 1.77. The maximum absolute atomic E-state index is 14.1. The molecular formula is C42H63N5O11. The molecule has 11 N–H and O–H groups in total. The van der Waals surface area contributed by atoms with Crippen LogP contribution in [-0.2, 0) is 19.1 Å². The first-order chi connectivity index (χ1) is 27.4. The smallest absolute Gasteiger partial charge is 0.408 e. The summed E-state index contributed by atoms with van der Waals surface area (Å²) in [4.78, 5) is 51.2. The van der Waals surface area contributed by atoms with Crippen molar-refractivity contribution in [2.45, 2.75) is 114 Å². The summed E-state index contributed by atoms with van der Waals surface area (Å²) in [5, 5.41) is 68.7. The van der Waals surface area contributed by atoms with Crippen molar-refractivity contribution in [3.8, 4) is 0 Å². The molecule has 10 atom stereocenters. The molecular weight excluding hydrogens is 750 g/mol. The molecule has 58 heavy (non-hydrogen) atoms. The summed E-state index contributed by atoms with van der Waals surface area (Å²) in [6.45, 7) is 8.56. The van der Waals surface area contributed by atoms with Crippen LogP contribution in [0, 0.1) is 16.7 Å². The molecule has 0 aromatic heterocycles. The summed E-state index contributed by atoms with van der Waals surface area (Å²) in [6.07, 6.45) is -3.67. The molecule has 3 amide bonds. The van der Waals surface area contributed by atoms with Crippen LogP contribution < -0.4 is 26.6 Å². The van der Waals surface area contributed by atoms with Crippen molar-refractivity contribution in [2.75, 3.05) is 38.6 Å². The zero-order chi connectivity index (χ0) is 42.8. The number of alkyl carbamates (subject to hydrolysis) is 1. The number of fused-ring (bicyclic) bond motifs is 3. The van der Waals surface area contributed by atoms with Crippen molar-refractivity contribution in [3.63, 3.8) is 0 Å². The molecule has 2 aliphatic carbocycles. The minimum absolute atomic E-state index is 0.0307. The molecule has 2 aromatic rings. The number of hydrogen-bond acceptors (Lipinski definition) is 12. The first-order valence-corrected chi connectivity index (χ1v) is 20.0. The monoisotopic (exact) mass is 813 g/mol. The van der Waals surface area contributed by atoms with E-state index in [9.17, 15) is 24.3 Å². The van der Waals surface area contributed by atoms with E-state index in [0.717, 1.165) is 36.1 Å². The first-order valence-electron chi connectivity index (χ1n) is 20.0. The Morgan fingerprint density at radius 2 is 1.59 bits per heavy atom. The SMILES string of the molecule is CC1(C)[C@@H]2CC[C@]1(C)C(OC(=O)N[C@](C)(CC1CNc3ccccc31)C(=O)NC[C@H](NC(=O)CCC(=O)O)c1ccccc1)C2.CNC[C@H](O)[C@@H](O)[C@H](O)[C@H](O)CO. The number of rotatable bonds is 18. The Balaban J connectivity index is 0.000000492. The number of hydrogen-bond donors (Lipinski definition) is 11. The Hall–Kier alpha value is -4.32. The van der Waals surface area contributed by atoms with E-state index in [2.05, 4.69) is 47.4 Å². The number of anilines is 1. The van der Waals surface area contributed by atoms with Gasteiger partial charge in [-0.1, -0.05) is 69.3 Å². The summed E-state index contributed by atoms with van der Waals surface area (Å²) >= 11 is 0. The van der Waals surface area contributed by atoms with Gasteiger partial charge in [0.25, 0.3) is 0 Å². The van der Waals surface area contributed by atoms with E-state index < -0.39 is 66.5 Å². The first kappa shape index (κ1) is 46.4. The van der Waals surface area contributed by atoms with Crippen molar-refractivity contribution >= 4 is 29.6 Å². The Kier molecular flexibility index (Phi) is 16.1. The van der Waals surface area contributed by atoms with Crippen molar-refractivity contribution < 1.29 is 54.6 Å². The molecule has 2 unspecified atom stereocenters. The molecule has 2 saturated carbocycles. The minimum Gasteiger partial charge on any atom is -0.481 e. The van der Waals surface area contributed by atoms with Gasteiger partial charge in [0.2, 0.25) is 11.8 Å². The highest BCUT2D eigenvalue weighted by Crippen LogP contribution is 2.66. The second kappa shape index (κ2) is 20.1. The summed E-state index contributed by atoms with van der Waals surface area (Å²) in [7, 11) is 1.57. The number of carbonyl (C=O) groups excluding carboxylic acids is 3. The highest BCUT2D eigenvalue weighted by Gasteiger charge is 2.63. The molecule has 3 aliphatic rings. The maximum atomic E-state index is 14.1. The van der Waals surface area contributed by atoms with Crippen LogP contribution in [0.25, 0.3) is 0 Å². The molecule has 0 spiro atoms. The molecule has 16 nitrogen and oxygen atoms in total. The fraction of sp³-hybridized carbons (Fsp3) is 0.619. The number of ether oxygens (including phenoxy) is 1. The van der Waals surface area contributed by atoms with Crippen molar-refractivity contribution in [3.05, 3.63) is 65.7 Å².